The molecule has 0 atom stereocenters. The Morgan fingerprint density at radius 2 is 1.89 bits per heavy atom. The molecule has 0 bridgehead atoms. The molecule has 0 aliphatic carbocycles. The van der Waals surface area contributed by atoms with E-state index < -0.39 is 0 Å². The molecule has 0 spiro atoms. The molecule has 0 fully saturated rings. The molecular weight excluding hydrogens is 251 g/mol. The monoisotopic (exact) mass is 260 g/mol. The van der Waals surface area contributed by atoms with Crippen LogP contribution in [0.2, 0.25) is 5.02 Å². The van der Waals surface area contributed by atoms with Crippen molar-refractivity contribution in [3.05, 3.63) is 65.2 Å². The second kappa shape index (κ2) is 4.42. The predicted octanol–water partition coefficient (Wildman–Crippen LogP) is 3.88. The molecule has 1 heterocycles. The summed E-state index contributed by atoms with van der Waals surface area (Å²) in [6.45, 7) is 0.650. The molecule has 0 aliphatic rings. The summed E-state index contributed by atoms with van der Waals surface area (Å²) in [7, 11) is 0. The summed E-state index contributed by atoms with van der Waals surface area (Å²) in [5.41, 5.74) is 2.91. The van der Waals surface area contributed by atoms with Gasteiger partial charge in [0.2, 0.25) is 0 Å². The Morgan fingerprint density at radius 3 is 2.67 bits per heavy atom. The van der Waals surface area contributed by atoms with Gasteiger partial charge >= 0.3 is 0 Å². The highest BCUT2D eigenvalue weighted by Gasteiger charge is 2.04. The lowest BCUT2D eigenvalue weighted by molar-refractivity contribution is 0.626. The minimum absolute atomic E-state index is 0.225. The molecule has 3 aromatic rings. The van der Waals surface area contributed by atoms with Crippen molar-refractivity contribution in [1.29, 1.82) is 0 Å². The van der Waals surface area contributed by atoms with Crippen LogP contribution < -0.4 is 0 Å². The maximum Gasteiger partial charge on any atom is 0.123 e. The molecule has 3 rings (SSSR count). The van der Waals surface area contributed by atoms with Crippen molar-refractivity contribution < 1.29 is 4.39 Å². The van der Waals surface area contributed by atoms with Gasteiger partial charge in [-0.1, -0.05) is 23.7 Å². The fourth-order valence-electron chi connectivity index (χ4n) is 1.94. The van der Waals surface area contributed by atoms with Gasteiger partial charge in [-0.2, -0.15) is 0 Å². The Morgan fingerprint density at radius 1 is 1.11 bits per heavy atom. The molecule has 18 heavy (non-hydrogen) atoms. The Kier molecular flexibility index (Phi) is 2.76. The lowest BCUT2D eigenvalue weighted by atomic mass is 10.2. The van der Waals surface area contributed by atoms with Crippen LogP contribution in [0, 0.1) is 5.82 Å². The third-order valence-corrected chi connectivity index (χ3v) is 3.08. The van der Waals surface area contributed by atoms with Crippen LogP contribution in [0.4, 0.5) is 4.39 Å². The molecule has 0 radical (unpaired) electrons. The van der Waals surface area contributed by atoms with Crippen molar-refractivity contribution in [2.45, 2.75) is 6.54 Å². The van der Waals surface area contributed by atoms with E-state index in [4.69, 9.17) is 11.6 Å². The summed E-state index contributed by atoms with van der Waals surface area (Å²) < 4.78 is 14.8. The number of aromatic nitrogens is 2. The minimum Gasteiger partial charge on any atom is -0.326 e. The Hall–Kier alpha value is -1.87. The van der Waals surface area contributed by atoms with E-state index in [-0.39, 0.29) is 5.82 Å². The third-order valence-electron chi connectivity index (χ3n) is 2.85. The zero-order valence-electron chi connectivity index (χ0n) is 9.48. The van der Waals surface area contributed by atoms with Crippen molar-refractivity contribution in [3.63, 3.8) is 0 Å². The molecule has 0 unspecified atom stereocenters. The van der Waals surface area contributed by atoms with Crippen LogP contribution >= 0.6 is 11.6 Å². The topological polar surface area (TPSA) is 17.8 Å². The average molecular weight is 261 g/mol. The van der Waals surface area contributed by atoms with E-state index in [1.807, 2.05) is 22.8 Å². The van der Waals surface area contributed by atoms with E-state index >= 15 is 0 Å². The molecule has 0 amide bonds. The number of rotatable bonds is 2. The summed E-state index contributed by atoms with van der Waals surface area (Å²) in [5.74, 6) is -0.225. The van der Waals surface area contributed by atoms with Crippen molar-refractivity contribution in [2.75, 3.05) is 0 Å². The number of hydrogen-bond donors (Lipinski definition) is 0. The molecule has 90 valence electrons. The van der Waals surface area contributed by atoms with E-state index in [1.165, 1.54) is 12.1 Å². The fraction of sp³-hybridized carbons (Fsp3) is 0.0714. The summed E-state index contributed by atoms with van der Waals surface area (Å²) >= 11 is 5.98. The van der Waals surface area contributed by atoms with E-state index in [2.05, 4.69) is 4.98 Å². The van der Waals surface area contributed by atoms with Crippen LogP contribution in [0.1, 0.15) is 5.56 Å². The van der Waals surface area contributed by atoms with Gasteiger partial charge < -0.3 is 4.57 Å². The number of hydrogen-bond acceptors (Lipinski definition) is 1. The largest absolute Gasteiger partial charge is 0.326 e. The van der Waals surface area contributed by atoms with E-state index in [0.29, 0.717) is 11.6 Å². The summed E-state index contributed by atoms with van der Waals surface area (Å²) in [6.07, 6.45) is 1.77. The van der Waals surface area contributed by atoms with Crippen molar-refractivity contribution in [2.24, 2.45) is 0 Å². The smallest absolute Gasteiger partial charge is 0.123 e. The second-order valence-electron chi connectivity index (χ2n) is 4.13. The normalized spacial score (nSPS) is 11.0. The first-order valence-corrected chi connectivity index (χ1v) is 5.95. The number of nitrogens with zero attached hydrogens (tertiary/aromatic N) is 2. The molecular formula is C14H10ClFN2. The first-order chi connectivity index (χ1) is 8.72. The highest BCUT2D eigenvalue weighted by atomic mass is 35.5. The van der Waals surface area contributed by atoms with Gasteiger partial charge in [0.25, 0.3) is 0 Å². The van der Waals surface area contributed by atoms with Gasteiger partial charge in [0, 0.05) is 11.6 Å². The lowest BCUT2D eigenvalue weighted by Crippen LogP contribution is -1.97. The highest BCUT2D eigenvalue weighted by Crippen LogP contribution is 2.19. The average Bonchev–Trinajstić information content (AvgIpc) is 2.75. The van der Waals surface area contributed by atoms with E-state index in [0.717, 1.165) is 16.6 Å². The third kappa shape index (κ3) is 2.09. The standard InChI is InChI=1S/C14H10ClFN2/c15-11-3-6-13-14(7-11)18(9-17-13)8-10-1-4-12(16)5-2-10/h1-7,9H,8H2. The number of halogens is 2. The van der Waals surface area contributed by atoms with Crippen LogP contribution in [0.25, 0.3) is 11.0 Å². The van der Waals surface area contributed by atoms with Crippen molar-refractivity contribution in [1.82, 2.24) is 9.55 Å². The first-order valence-electron chi connectivity index (χ1n) is 5.57. The summed E-state index contributed by atoms with van der Waals surface area (Å²) in [5, 5.41) is 0.684. The van der Waals surface area contributed by atoms with Crippen LogP contribution in [-0.4, -0.2) is 9.55 Å². The number of fused-ring (bicyclic) bond motifs is 1. The van der Waals surface area contributed by atoms with Gasteiger partial charge in [-0.15, -0.1) is 0 Å². The highest BCUT2D eigenvalue weighted by molar-refractivity contribution is 6.31. The van der Waals surface area contributed by atoms with Gasteiger partial charge in [-0.3, -0.25) is 0 Å². The molecule has 0 N–H and O–H groups in total. The van der Waals surface area contributed by atoms with Gasteiger partial charge in [0.05, 0.1) is 17.4 Å². The Balaban J connectivity index is 1.99. The van der Waals surface area contributed by atoms with Gasteiger partial charge in [-0.05, 0) is 35.9 Å². The molecule has 0 aliphatic heterocycles. The van der Waals surface area contributed by atoms with E-state index in [9.17, 15) is 4.39 Å². The molecule has 1 aromatic heterocycles. The first kappa shape index (κ1) is 11.2. The maximum atomic E-state index is 12.8. The van der Waals surface area contributed by atoms with Crippen LogP contribution in [0.15, 0.2) is 48.8 Å². The summed E-state index contributed by atoms with van der Waals surface area (Å²) in [6, 6.07) is 12.0. The Bertz CT molecular complexity index is 689. The zero-order chi connectivity index (χ0) is 12.5. The van der Waals surface area contributed by atoms with Crippen molar-refractivity contribution in [3.8, 4) is 0 Å². The number of benzene rings is 2. The summed E-state index contributed by atoms with van der Waals surface area (Å²) in [4.78, 5) is 4.30. The SMILES string of the molecule is Fc1ccc(Cn2cnc3ccc(Cl)cc32)cc1. The molecule has 0 saturated carbocycles. The minimum atomic E-state index is -0.225. The van der Waals surface area contributed by atoms with Gasteiger partial charge in [-0.25, -0.2) is 9.37 Å². The van der Waals surface area contributed by atoms with Crippen molar-refractivity contribution >= 4 is 22.6 Å². The molecule has 0 saturated heterocycles. The fourth-order valence-corrected chi connectivity index (χ4v) is 2.11. The molecule has 2 nitrogen and oxygen atoms in total. The zero-order valence-corrected chi connectivity index (χ0v) is 10.2. The van der Waals surface area contributed by atoms with Crippen LogP contribution in [0.3, 0.4) is 0 Å². The second-order valence-corrected chi connectivity index (χ2v) is 4.57. The number of imidazole rings is 1. The predicted molar refractivity (Wildman–Crippen MR) is 70.2 cm³/mol. The van der Waals surface area contributed by atoms with Gasteiger partial charge in [0.15, 0.2) is 0 Å². The van der Waals surface area contributed by atoms with Crippen LogP contribution in [-0.2, 0) is 6.54 Å². The maximum absolute atomic E-state index is 12.8. The molecule has 4 heteroatoms. The van der Waals surface area contributed by atoms with Crippen LogP contribution in [0.5, 0.6) is 0 Å². The molecule has 2 aromatic carbocycles. The quantitative estimate of drug-likeness (QED) is 0.684. The Labute approximate surface area is 109 Å². The lowest BCUT2D eigenvalue weighted by Gasteiger charge is -2.04. The van der Waals surface area contributed by atoms with Gasteiger partial charge in [0.1, 0.15) is 5.82 Å². The van der Waals surface area contributed by atoms with E-state index in [1.54, 1.807) is 18.5 Å².